The van der Waals surface area contributed by atoms with Gasteiger partial charge >= 0.3 is 0 Å². The Balaban J connectivity index is 0.00000225. The van der Waals surface area contributed by atoms with Crippen molar-refractivity contribution >= 4 is 30.5 Å². The molecule has 2 aromatic rings. The highest BCUT2D eigenvalue weighted by atomic mass is 35.5. The molecule has 1 aliphatic heterocycles. The Hall–Kier alpha value is -1.40. The third-order valence-corrected chi connectivity index (χ3v) is 5.65. The molecule has 0 atom stereocenters. The highest BCUT2D eigenvalue weighted by Gasteiger charge is 2.32. The lowest BCUT2D eigenvalue weighted by Crippen LogP contribution is -2.46. The van der Waals surface area contributed by atoms with Crippen molar-refractivity contribution in [3.8, 4) is 5.75 Å². The van der Waals surface area contributed by atoms with Gasteiger partial charge in [-0.05, 0) is 75.4 Å². The number of hydrogen-bond donors (Lipinski definition) is 1. The Morgan fingerprint density at radius 1 is 1.13 bits per heavy atom. The predicted molar refractivity (Wildman–Crippen MR) is 128 cm³/mol. The van der Waals surface area contributed by atoms with Crippen molar-refractivity contribution in [3.05, 3.63) is 48.4 Å². The molecule has 1 saturated heterocycles. The van der Waals surface area contributed by atoms with Crippen LogP contribution in [-0.4, -0.2) is 54.9 Å². The minimum absolute atomic E-state index is 0. The molecule has 0 bridgehead atoms. The number of furan rings is 1. The van der Waals surface area contributed by atoms with E-state index in [4.69, 9.17) is 9.15 Å². The van der Waals surface area contributed by atoms with Crippen LogP contribution < -0.4 is 9.64 Å². The third kappa shape index (κ3) is 8.03. The molecular formula is C23H36Cl2N2O3. The molecule has 0 unspecified atom stereocenters. The lowest BCUT2D eigenvalue weighted by molar-refractivity contribution is -0.0254. The predicted octanol–water partition coefficient (Wildman–Crippen LogP) is 4.81. The topological polar surface area (TPSA) is 49.1 Å². The lowest BCUT2D eigenvalue weighted by atomic mass is 9.88. The molecule has 0 amide bonds. The van der Waals surface area contributed by atoms with E-state index in [0.29, 0.717) is 0 Å². The van der Waals surface area contributed by atoms with Gasteiger partial charge in [0.2, 0.25) is 0 Å². The quantitative estimate of drug-likeness (QED) is 0.584. The normalized spacial score (nSPS) is 15.9. The van der Waals surface area contributed by atoms with Crippen LogP contribution in [0, 0.1) is 0 Å². The third-order valence-electron chi connectivity index (χ3n) is 5.65. The van der Waals surface area contributed by atoms with Crippen LogP contribution >= 0.6 is 24.8 Å². The van der Waals surface area contributed by atoms with E-state index >= 15 is 0 Å². The molecule has 1 aliphatic rings. The van der Waals surface area contributed by atoms with E-state index in [-0.39, 0.29) is 30.9 Å². The summed E-state index contributed by atoms with van der Waals surface area (Å²) >= 11 is 0. The number of halogens is 2. The van der Waals surface area contributed by atoms with Crippen LogP contribution in [0.5, 0.6) is 5.75 Å². The molecule has 0 aliphatic carbocycles. The molecule has 1 aromatic heterocycles. The van der Waals surface area contributed by atoms with Gasteiger partial charge in [-0.1, -0.05) is 0 Å². The van der Waals surface area contributed by atoms with Gasteiger partial charge in [-0.3, -0.25) is 0 Å². The summed E-state index contributed by atoms with van der Waals surface area (Å²) in [6.45, 7) is 7.85. The number of aliphatic hydroxyl groups is 1. The van der Waals surface area contributed by atoms with Gasteiger partial charge in [0.05, 0.1) is 24.2 Å². The Morgan fingerprint density at radius 2 is 1.80 bits per heavy atom. The largest absolute Gasteiger partial charge is 0.491 e. The molecule has 1 aromatic carbocycles. The minimum Gasteiger partial charge on any atom is -0.491 e. The van der Waals surface area contributed by atoms with E-state index in [9.17, 15) is 5.11 Å². The Labute approximate surface area is 193 Å². The van der Waals surface area contributed by atoms with E-state index in [2.05, 4.69) is 29.0 Å². The molecular weight excluding hydrogens is 423 g/mol. The van der Waals surface area contributed by atoms with Gasteiger partial charge in [0.25, 0.3) is 0 Å². The first kappa shape index (κ1) is 26.6. The summed E-state index contributed by atoms with van der Waals surface area (Å²) in [6, 6.07) is 10.2. The minimum atomic E-state index is -0.554. The van der Waals surface area contributed by atoms with Gasteiger partial charge in [0.1, 0.15) is 5.75 Å². The fourth-order valence-corrected chi connectivity index (χ4v) is 3.72. The molecule has 0 radical (unpaired) electrons. The zero-order valence-corrected chi connectivity index (χ0v) is 19.9. The van der Waals surface area contributed by atoms with Crippen LogP contribution in [0.3, 0.4) is 0 Å². The number of anilines is 1. The zero-order chi connectivity index (χ0) is 20.0. The SMILES string of the molecule is CC(C)Oc1ccc(N(C)CCC2(O)CCN(CCc3ccoc3)CC2)cc1.Cl.Cl. The molecule has 1 N–H and O–H groups in total. The molecule has 2 heterocycles. The summed E-state index contributed by atoms with van der Waals surface area (Å²) in [7, 11) is 2.09. The lowest BCUT2D eigenvalue weighted by Gasteiger charge is -2.39. The molecule has 30 heavy (non-hydrogen) atoms. The number of piperidine rings is 1. The maximum atomic E-state index is 11.0. The van der Waals surface area contributed by atoms with E-state index < -0.39 is 5.60 Å². The number of benzene rings is 1. The summed E-state index contributed by atoms with van der Waals surface area (Å²) in [6.07, 6.45) is 7.21. The molecule has 5 nitrogen and oxygen atoms in total. The average Bonchev–Trinajstić information content (AvgIpc) is 3.20. The van der Waals surface area contributed by atoms with Crippen molar-refractivity contribution < 1.29 is 14.3 Å². The monoisotopic (exact) mass is 458 g/mol. The highest BCUT2D eigenvalue weighted by Crippen LogP contribution is 2.27. The van der Waals surface area contributed by atoms with Crippen LogP contribution in [0.1, 0.15) is 38.7 Å². The van der Waals surface area contributed by atoms with Crippen molar-refractivity contribution in [2.75, 3.05) is 38.1 Å². The van der Waals surface area contributed by atoms with Crippen molar-refractivity contribution in [1.82, 2.24) is 4.90 Å². The first-order chi connectivity index (χ1) is 13.4. The van der Waals surface area contributed by atoms with Crippen LogP contribution in [0.2, 0.25) is 0 Å². The number of likely N-dealkylation sites (tertiary alicyclic amines) is 1. The highest BCUT2D eigenvalue weighted by molar-refractivity contribution is 5.85. The van der Waals surface area contributed by atoms with E-state index in [1.54, 1.807) is 6.26 Å². The second-order valence-corrected chi connectivity index (χ2v) is 8.28. The second kappa shape index (κ2) is 12.5. The van der Waals surface area contributed by atoms with Crippen molar-refractivity contribution in [1.29, 1.82) is 0 Å². The standard InChI is InChI=1S/C23H34N2O3.2ClH/c1-19(2)28-22-6-4-21(5-7-22)24(3)14-10-23(26)11-15-25(16-12-23)13-8-20-9-17-27-18-20;;/h4-7,9,17-19,26H,8,10-16H2,1-3H3;2*1H. The average molecular weight is 459 g/mol. The Morgan fingerprint density at radius 3 is 2.37 bits per heavy atom. The van der Waals surface area contributed by atoms with Crippen molar-refractivity contribution in [2.24, 2.45) is 0 Å². The summed E-state index contributed by atoms with van der Waals surface area (Å²) < 4.78 is 10.8. The number of rotatable bonds is 9. The van der Waals surface area contributed by atoms with Crippen LogP contribution in [0.4, 0.5) is 5.69 Å². The summed E-state index contributed by atoms with van der Waals surface area (Å²) in [5.74, 6) is 0.897. The molecule has 170 valence electrons. The molecule has 0 spiro atoms. The van der Waals surface area contributed by atoms with Gasteiger partial charge < -0.3 is 24.1 Å². The summed E-state index contributed by atoms with van der Waals surface area (Å²) in [4.78, 5) is 4.65. The van der Waals surface area contributed by atoms with Gasteiger partial charge in [-0.15, -0.1) is 24.8 Å². The second-order valence-electron chi connectivity index (χ2n) is 8.28. The maximum absolute atomic E-state index is 11.0. The fourth-order valence-electron chi connectivity index (χ4n) is 3.72. The number of hydrogen-bond acceptors (Lipinski definition) is 5. The first-order valence-corrected chi connectivity index (χ1v) is 10.4. The first-order valence-electron chi connectivity index (χ1n) is 10.4. The van der Waals surface area contributed by atoms with Gasteiger partial charge in [-0.2, -0.15) is 0 Å². The molecule has 3 rings (SSSR count). The Kier molecular flexibility index (Phi) is 11.1. The fraction of sp³-hybridized carbons (Fsp3) is 0.565. The van der Waals surface area contributed by atoms with E-state index in [0.717, 1.165) is 63.3 Å². The van der Waals surface area contributed by atoms with E-state index in [1.807, 2.05) is 38.3 Å². The van der Waals surface area contributed by atoms with Gasteiger partial charge in [-0.25, -0.2) is 0 Å². The van der Waals surface area contributed by atoms with Gasteiger partial charge in [0, 0.05) is 38.9 Å². The number of ether oxygens (including phenoxy) is 1. The number of nitrogens with zero attached hydrogens (tertiary/aromatic N) is 2. The van der Waals surface area contributed by atoms with Gasteiger partial charge in [0.15, 0.2) is 0 Å². The summed E-state index contributed by atoms with van der Waals surface area (Å²) in [5.41, 5.74) is 1.84. The maximum Gasteiger partial charge on any atom is 0.119 e. The smallest absolute Gasteiger partial charge is 0.119 e. The van der Waals surface area contributed by atoms with Crippen molar-refractivity contribution in [2.45, 2.75) is 51.2 Å². The molecule has 1 fully saturated rings. The van der Waals surface area contributed by atoms with Crippen molar-refractivity contribution in [3.63, 3.8) is 0 Å². The van der Waals surface area contributed by atoms with Crippen LogP contribution in [-0.2, 0) is 6.42 Å². The van der Waals surface area contributed by atoms with Crippen LogP contribution in [0.15, 0.2) is 47.3 Å². The Bertz CT molecular complexity index is 700. The summed E-state index contributed by atoms with van der Waals surface area (Å²) in [5, 5.41) is 11.0. The molecule has 0 saturated carbocycles. The van der Waals surface area contributed by atoms with E-state index in [1.165, 1.54) is 5.56 Å². The van der Waals surface area contributed by atoms with Crippen LogP contribution in [0.25, 0.3) is 0 Å². The molecule has 7 heteroatoms. The zero-order valence-electron chi connectivity index (χ0n) is 18.3.